The van der Waals surface area contributed by atoms with Gasteiger partial charge in [0.15, 0.2) is 20.0 Å². The Kier molecular flexibility index (Phi) is 5.95. The van der Waals surface area contributed by atoms with Crippen LogP contribution in [0.25, 0.3) is 0 Å². The molecule has 0 aliphatic carbocycles. The molecule has 1 rings (SSSR count). The zero-order valence-electron chi connectivity index (χ0n) is 11.4. The van der Waals surface area contributed by atoms with Crippen LogP contribution in [0.4, 0.5) is 8.78 Å². The van der Waals surface area contributed by atoms with Gasteiger partial charge in [0.25, 0.3) is 0 Å². The molecule has 0 aliphatic rings. The smallest absolute Gasteiger partial charge is 0.186 e. The molecule has 0 heterocycles. The lowest BCUT2D eigenvalue weighted by Gasteiger charge is -2.21. The quantitative estimate of drug-likeness (QED) is 0.523. The van der Waals surface area contributed by atoms with Crippen molar-refractivity contribution in [3.63, 3.8) is 0 Å². The van der Waals surface area contributed by atoms with Crippen LogP contribution in [0.3, 0.4) is 0 Å². The maximum Gasteiger partial charge on any atom is 0.186 e. The molecular formula is C14H22F2OSi. The monoisotopic (exact) mass is 272 g/mol. The van der Waals surface area contributed by atoms with Gasteiger partial charge in [-0.25, -0.2) is 8.78 Å². The second-order valence-corrected chi connectivity index (χ2v) is 9.46. The van der Waals surface area contributed by atoms with Crippen molar-refractivity contribution in [3.8, 4) is 0 Å². The van der Waals surface area contributed by atoms with E-state index in [-0.39, 0.29) is 0 Å². The SMILES string of the molecule is CCO[Si](C)(C)CCCCc1ccc(F)c(F)c1. The lowest BCUT2D eigenvalue weighted by Crippen LogP contribution is -2.29. The highest BCUT2D eigenvalue weighted by atomic mass is 28.4. The molecule has 4 heteroatoms. The lowest BCUT2D eigenvalue weighted by molar-refractivity contribution is 0.327. The first-order valence-corrected chi connectivity index (χ1v) is 9.64. The van der Waals surface area contributed by atoms with E-state index in [9.17, 15) is 8.78 Å². The molecule has 0 saturated carbocycles. The number of benzene rings is 1. The summed E-state index contributed by atoms with van der Waals surface area (Å²) in [4.78, 5) is 0. The van der Waals surface area contributed by atoms with Gasteiger partial charge in [0.05, 0.1) is 0 Å². The molecule has 0 fully saturated rings. The molecule has 18 heavy (non-hydrogen) atoms. The number of rotatable bonds is 7. The Bertz CT molecular complexity index is 380. The molecule has 0 aliphatic heterocycles. The van der Waals surface area contributed by atoms with Gasteiger partial charge in [-0.3, -0.25) is 0 Å². The average Bonchev–Trinajstić information content (AvgIpc) is 2.29. The second-order valence-electron chi connectivity index (χ2n) is 5.15. The fraction of sp³-hybridized carbons (Fsp3) is 0.571. The van der Waals surface area contributed by atoms with Crippen LogP contribution in [-0.4, -0.2) is 14.9 Å². The van der Waals surface area contributed by atoms with Gasteiger partial charge in [-0.1, -0.05) is 12.5 Å². The van der Waals surface area contributed by atoms with E-state index < -0.39 is 20.0 Å². The maximum absolute atomic E-state index is 13.0. The van der Waals surface area contributed by atoms with Crippen molar-refractivity contribution in [2.45, 2.75) is 45.3 Å². The number of unbranched alkanes of at least 4 members (excludes halogenated alkanes) is 1. The van der Waals surface area contributed by atoms with Gasteiger partial charge in [-0.05, 0) is 56.6 Å². The van der Waals surface area contributed by atoms with Crippen LogP contribution >= 0.6 is 0 Å². The van der Waals surface area contributed by atoms with Crippen LogP contribution < -0.4 is 0 Å². The van der Waals surface area contributed by atoms with Crippen LogP contribution in [0, 0.1) is 11.6 Å². The molecule has 0 saturated heterocycles. The Morgan fingerprint density at radius 1 is 1.11 bits per heavy atom. The molecule has 102 valence electrons. The van der Waals surface area contributed by atoms with Crippen LogP contribution in [0.2, 0.25) is 19.1 Å². The topological polar surface area (TPSA) is 9.23 Å². The first-order chi connectivity index (χ1) is 8.44. The summed E-state index contributed by atoms with van der Waals surface area (Å²) in [5.74, 6) is -1.53. The van der Waals surface area contributed by atoms with E-state index in [0.29, 0.717) is 0 Å². The third-order valence-electron chi connectivity index (χ3n) is 3.01. The Hall–Kier alpha value is -0.743. The predicted molar refractivity (Wildman–Crippen MR) is 73.2 cm³/mol. The van der Waals surface area contributed by atoms with Crippen molar-refractivity contribution >= 4 is 8.32 Å². The third kappa shape index (κ3) is 5.27. The molecule has 0 bridgehead atoms. The first kappa shape index (κ1) is 15.3. The highest BCUT2D eigenvalue weighted by Crippen LogP contribution is 2.17. The molecule has 0 atom stereocenters. The van der Waals surface area contributed by atoms with Crippen LogP contribution in [0.5, 0.6) is 0 Å². The Morgan fingerprint density at radius 3 is 2.44 bits per heavy atom. The Labute approximate surface area is 109 Å². The number of aryl methyl sites for hydroxylation is 1. The van der Waals surface area contributed by atoms with Gasteiger partial charge in [0.1, 0.15) is 0 Å². The lowest BCUT2D eigenvalue weighted by atomic mass is 10.1. The second kappa shape index (κ2) is 7.00. The molecular weight excluding hydrogens is 250 g/mol. The molecule has 0 unspecified atom stereocenters. The third-order valence-corrected chi connectivity index (χ3v) is 5.64. The number of halogens is 2. The van der Waals surface area contributed by atoms with Gasteiger partial charge in [-0.2, -0.15) is 0 Å². The molecule has 1 aromatic rings. The molecule has 0 spiro atoms. The molecule has 0 amide bonds. The van der Waals surface area contributed by atoms with Gasteiger partial charge < -0.3 is 4.43 Å². The Balaban J connectivity index is 2.31. The van der Waals surface area contributed by atoms with Gasteiger partial charge in [0, 0.05) is 6.61 Å². The standard InChI is InChI=1S/C14H22F2OSi/c1-4-17-18(2,3)10-6-5-7-12-8-9-13(15)14(16)11-12/h8-9,11H,4-7,10H2,1-3H3. The van der Waals surface area contributed by atoms with E-state index in [4.69, 9.17) is 4.43 Å². The number of hydrogen-bond donors (Lipinski definition) is 0. The summed E-state index contributed by atoms with van der Waals surface area (Å²) in [6, 6.07) is 5.26. The van der Waals surface area contributed by atoms with Crippen molar-refractivity contribution in [3.05, 3.63) is 35.4 Å². The summed E-state index contributed by atoms with van der Waals surface area (Å²) in [7, 11) is -1.50. The summed E-state index contributed by atoms with van der Waals surface area (Å²) >= 11 is 0. The maximum atomic E-state index is 13.0. The van der Waals surface area contributed by atoms with Crippen LogP contribution in [-0.2, 0) is 10.8 Å². The van der Waals surface area contributed by atoms with Crippen molar-refractivity contribution in [2.75, 3.05) is 6.61 Å². The highest BCUT2D eigenvalue weighted by molar-refractivity contribution is 6.71. The van der Waals surface area contributed by atoms with Crippen molar-refractivity contribution < 1.29 is 13.2 Å². The summed E-state index contributed by atoms with van der Waals surface area (Å²) in [5, 5.41) is 0. The van der Waals surface area contributed by atoms with Gasteiger partial charge in [-0.15, -0.1) is 0 Å². The predicted octanol–water partition coefficient (Wildman–Crippen LogP) is 4.53. The van der Waals surface area contributed by atoms with E-state index in [0.717, 1.165) is 37.5 Å². The van der Waals surface area contributed by atoms with Crippen LogP contribution in [0.15, 0.2) is 18.2 Å². The van der Waals surface area contributed by atoms with Crippen molar-refractivity contribution in [2.24, 2.45) is 0 Å². The summed E-state index contributed by atoms with van der Waals surface area (Å²) in [5.41, 5.74) is 0.866. The summed E-state index contributed by atoms with van der Waals surface area (Å²) in [6.45, 7) is 7.24. The van der Waals surface area contributed by atoms with E-state index in [2.05, 4.69) is 13.1 Å². The van der Waals surface area contributed by atoms with E-state index in [1.165, 1.54) is 12.1 Å². The molecule has 0 N–H and O–H groups in total. The molecule has 0 aromatic heterocycles. The Morgan fingerprint density at radius 2 is 1.83 bits per heavy atom. The van der Waals surface area contributed by atoms with E-state index in [1.54, 1.807) is 6.07 Å². The fourth-order valence-electron chi connectivity index (χ4n) is 2.04. The van der Waals surface area contributed by atoms with E-state index >= 15 is 0 Å². The fourth-order valence-corrected chi connectivity index (χ4v) is 4.07. The zero-order chi connectivity index (χ0) is 13.6. The van der Waals surface area contributed by atoms with Gasteiger partial charge >= 0.3 is 0 Å². The van der Waals surface area contributed by atoms with E-state index in [1.807, 2.05) is 6.92 Å². The normalized spacial score (nSPS) is 11.8. The summed E-state index contributed by atoms with van der Waals surface area (Å²) < 4.78 is 31.5. The van der Waals surface area contributed by atoms with Crippen molar-refractivity contribution in [1.29, 1.82) is 0 Å². The molecule has 1 aromatic carbocycles. The van der Waals surface area contributed by atoms with Crippen molar-refractivity contribution in [1.82, 2.24) is 0 Å². The molecule has 0 radical (unpaired) electrons. The largest absolute Gasteiger partial charge is 0.418 e. The number of hydrogen-bond acceptors (Lipinski definition) is 1. The molecule has 1 nitrogen and oxygen atoms in total. The van der Waals surface area contributed by atoms with Gasteiger partial charge in [0.2, 0.25) is 0 Å². The summed E-state index contributed by atoms with van der Waals surface area (Å²) in [6.07, 6.45) is 2.88. The van der Waals surface area contributed by atoms with Crippen LogP contribution in [0.1, 0.15) is 25.3 Å². The first-order valence-electron chi connectivity index (χ1n) is 6.52. The minimum atomic E-state index is -1.50. The average molecular weight is 272 g/mol. The minimum absolute atomic E-state index is 0.753. The zero-order valence-corrected chi connectivity index (χ0v) is 12.4. The minimum Gasteiger partial charge on any atom is -0.418 e. The highest BCUT2D eigenvalue weighted by Gasteiger charge is 2.20.